The molecule has 4 heteroatoms. The molecule has 53 valence electrons. The van der Waals surface area contributed by atoms with Gasteiger partial charge in [-0.2, -0.15) is 0 Å². The van der Waals surface area contributed by atoms with Gasteiger partial charge in [0.1, 0.15) is 0 Å². The maximum absolute atomic E-state index is 5.31. The molecule has 0 amide bonds. The number of pyridine rings is 1. The third kappa shape index (κ3) is 2.42. The molecule has 0 N–H and O–H groups in total. The molecule has 0 aromatic carbocycles. The van der Waals surface area contributed by atoms with E-state index in [0.29, 0.717) is 5.88 Å². The Hall–Kier alpha value is -0.470. The molecule has 0 spiro atoms. The lowest BCUT2D eigenvalue weighted by Gasteiger charge is -2.02. The molecule has 0 aliphatic rings. The van der Waals surface area contributed by atoms with E-state index in [2.05, 4.69) is 11.1 Å². The second-order valence-corrected chi connectivity index (χ2v) is 2.49. The minimum absolute atomic E-state index is 0.397. The van der Waals surface area contributed by atoms with Crippen LogP contribution >= 0.6 is 23.2 Å². The molecule has 1 heterocycles. The third-order valence-electron chi connectivity index (χ3n) is 0.798. The van der Waals surface area contributed by atoms with Crippen LogP contribution in [-0.4, -0.2) is 10.0 Å². The van der Waals surface area contributed by atoms with Gasteiger partial charge in [0.2, 0.25) is 10.9 Å². The summed E-state index contributed by atoms with van der Waals surface area (Å²) >= 11 is 10.6. The molecule has 0 atom stereocenters. The van der Waals surface area contributed by atoms with Crippen molar-refractivity contribution >= 4 is 23.2 Å². The van der Waals surface area contributed by atoms with Gasteiger partial charge >= 0.3 is 0 Å². The van der Waals surface area contributed by atoms with Crippen LogP contribution in [0, 0.1) is 6.07 Å². The smallest absolute Gasteiger partial charge is 0.249 e. The summed E-state index contributed by atoms with van der Waals surface area (Å²) in [5.41, 5.74) is 0. The molecule has 1 radical (unpaired) electrons. The summed E-state index contributed by atoms with van der Waals surface area (Å²) in [6.07, 6.45) is 1.48. The van der Waals surface area contributed by atoms with Crippen molar-refractivity contribution < 1.29 is 4.74 Å². The van der Waals surface area contributed by atoms with Crippen molar-refractivity contribution in [3.8, 4) is 5.88 Å². The van der Waals surface area contributed by atoms with Gasteiger partial charge in [-0.25, -0.2) is 4.98 Å². The maximum atomic E-state index is 5.31. The molecule has 0 aliphatic heterocycles. The Balaban J connectivity index is 2.59. The first-order valence-electron chi connectivity index (χ1n) is 2.56. The van der Waals surface area contributed by atoms with E-state index >= 15 is 0 Å². The molecule has 0 unspecified atom stereocenters. The van der Waals surface area contributed by atoms with Crippen molar-refractivity contribution in [2.75, 3.05) is 0 Å². The van der Waals surface area contributed by atoms with E-state index in [4.69, 9.17) is 27.9 Å². The zero-order valence-corrected chi connectivity index (χ0v) is 6.43. The standard InChI is InChI=1S/C6H4Cl2NO/c7-6(8)10-5-3-1-2-4-9-5/h1,3-4,6H. The van der Waals surface area contributed by atoms with Crippen molar-refractivity contribution in [1.29, 1.82) is 0 Å². The van der Waals surface area contributed by atoms with Gasteiger partial charge in [-0.15, -0.1) is 0 Å². The summed E-state index contributed by atoms with van der Waals surface area (Å²) in [6.45, 7) is 0. The van der Waals surface area contributed by atoms with Crippen LogP contribution < -0.4 is 4.74 Å². The molecule has 0 saturated carbocycles. The van der Waals surface area contributed by atoms with Crippen molar-refractivity contribution in [1.82, 2.24) is 4.98 Å². The second kappa shape index (κ2) is 3.64. The highest BCUT2D eigenvalue weighted by Crippen LogP contribution is 2.10. The second-order valence-electron chi connectivity index (χ2n) is 1.47. The first-order valence-corrected chi connectivity index (χ1v) is 3.43. The number of aromatic nitrogens is 1. The van der Waals surface area contributed by atoms with Crippen LogP contribution in [0.2, 0.25) is 0 Å². The van der Waals surface area contributed by atoms with Gasteiger partial charge in [0, 0.05) is 18.3 Å². The van der Waals surface area contributed by atoms with Crippen LogP contribution in [0.15, 0.2) is 18.3 Å². The number of hydrogen-bond donors (Lipinski definition) is 0. The van der Waals surface area contributed by atoms with Crippen LogP contribution in [0.3, 0.4) is 0 Å². The monoisotopic (exact) mass is 176 g/mol. The molecule has 1 rings (SSSR count). The van der Waals surface area contributed by atoms with Crippen LogP contribution in [0.5, 0.6) is 5.88 Å². The lowest BCUT2D eigenvalue weighted by molar-refractivity contribution is 0.340. The van der Waals surface area contributed by atoms with E-state index in [-0.39, 0.29) is 0 Å². The molecule has 1 aromatic heterocycles. The van der Waals surface area contributed by atoms with E-state index in [1.54, 1.807) is 12.1 Å². The fourth-order valence-electron chi connectivity index (χ4n) is 0.467. The molecule has 0 saturated heterocycles. The lowest BCUT2D eigenvalue weighted by Crippen LogP contribution is -1.99. The molecule has 0 aliphatic carbocycles. The largest absolute Gasteiger partial charge is 0.444 e. The Kier molecular flexibility index (Phi) is 2.78. The van der Waals surface area contributed by atoms with E-state index < -0.39 is 5.02 Å². The normalized spacial score (nSPS) is 9.90. The van der Waals surface area contributed by atoms with Crippen molar-refractivity contribution in [3.05, 3.63) is 24.4 Å². The summed E-state index contributed by atoms with van der Waals surface area (Å²) in [5, 5.41) is -0.866. The number of rotatable bonds is 2. The molecular weight excluding hydrogens is 173 g/mol. The Morgan fingerprint density at radius 2 is 2.40 bits per heavy atom. The number of alkyl halides is 2. The Labute approximate surface area is 68.7 Å². The highest BCUT2D eigenvalue weighted by Gasteiger charge is 1.98. The third-order valence-corrected chi connectivity index (χ3v) is 0.976. The van der Waals surface area contributed by atoms with Gasteiger partial charge in [0.15, 0.2) is 0 Å². The average Bonchev–Trinajstić information content (AvgIpc) is 1.88. The minimum Gasteiger partial charge on any atom is -0.444 e. The Morgan fingerprint density at radius 3 is 2.90 bits per heavy atom. The van der Waals surface area contributed by atoms with E-state index in [1.165, 1.54) is 6.20 Å². The molecule has 2 nitrogen and oxygen atoms in total. The first kappa shape index (κ1) is 7.63. The van der Waals surface area contributed by atoms with Crippen molar-refractivity contribution in [2.45, 2.75) is 5.02 Å². The van der Waals surface area contributed by atoms with E-state index in [0.717, 1.165) is 0 Å². The fourth-order valence-corrected chi connectivity index (χ4v) is 0.650. The van der Waals surface area contributed by atoms with Gasteiger partial charge in [-0.1, -0.05) is 23.2 Å². The summed E-state index contributed by atoms with van der Waals surface area (Å²) in [5.74, 6) is 0.397. The highest BCUT2D eigenvalue weighted by molar-refractivity contribution is 6.43. The SMILES string of the molecule is ClC(Cl)Oc1cc[c]cn1. The average molecular weight is 177 g/mol. The van der Waals surface area contributed by atoms with Gasteiger partial charge < -0.3 is 4.74 Å². The van der Waals surface area contributed by atoms with Crippen LogP contribution in [0.25, 0.3) is 0 Å². The zero-order valence-electron chi connectivity index (χ0n) is 4.92. The van der Waals surface area contributed by atoms with Crippen LogP contribution in [0.1, 0.15) is 0 Å². The Morgan fingerprint density at radius 1 is 1.60 bits per heavy atom. The van der Waals surface area contributed by atoms with Crippen LogP contribution in [0.4, 0.5) is 0 Å². The van der Waals surface area contributed by atoms with E-state index in [9.17, 15) is 0 Å². The highest BCUT2D eigenvalue weighted by atomic mass is 35.5. The topological polar surface area (TPSA) is 22.1 Å². The molecule has 10 heavy (non-hydrogen) atoms. The fraction of sp³-hybridized carbons (Fsp3) is 0.167. The number of halogens is 2. The summed E-state index contributed by atoms with van der Waals surface area (Å²) in [7, 11) is 0. The maximum Gasteiger partial charge on any atom is 0.249 e. The van der Waals surface area contributed by atoms with Gasteiger partial charge in [0.25, 0.3) is 0 Å². The van der Waals surface area contributed by atoms with Crippen molar-refractivity contribution in [2.24, 2.45) is 0 Å². The van der Waals surface area contributed by atoms with Gasteiger partial charge in [-0.3, -0.25) is 0 Å². The summed E-state index contributed by atoms with van der Waals surface area (Å²) in [6, 6.07) is 6.02. The molecule has 1 aromatic rings. The summed E-state index contributed by atoms with van der Waals surface area (Å²) < 4.78 is 4.81. The van der Waals surface area contributed by atoms with Gasteiger partial charge in [-0.05, 0) is 6.07 Å². The van der Waals surface area contributed by atoms with Gasteiger partial charge in [0.05, 0.1) is 0 Å². The Bertz CT molecular complexity index is 190. The first-order chi connectivity index (χ1) is 4.79. The molecule has 0 fully saturated rings. The zero-order chi connectivity index (χ0) is 7.40. The lowest BCUT2D eigenvalue weighted by atomic mass is 10.5. The van der Waals surface area contributed by atoms with Crippen LogP contribution in [-0.2, 0) is 0 Å². The number of hydrogen-bond acceptors (Lipinski definition) is 2. The number of nitrogens with zero attached hydrogens (tertiary/aromatic N) is 1. The molecule has 0 bridgehead atoms. The summed E-state index contributed by atoms with van der Waals surface area (Å²) in [4.78, 5) is 3.77. The van der Waals surface area contributed by atoms with E-state index in [1.807, 2.05) is 0 Å². The molecular formula is C6H4Cl2NO. The quantitative estimate of drug-likeness (QED) is 0.644. The predicted molar refractivity (Wildman–Crippen MR) is 39.2 cm³/mol. The van der Waals surface area contributed by atoms with Crippen molar-refractivity contribution in [3.63, 3.8) is 0 Å². The minimum atomic E-state index is -0.866. The predicted octanol–water partition coefficient (Wildman–Crippen LogP) is 2.02. The number of ether oxygens (including phenoxy) is 1.